The van der Waals surface area contributed by atoms with Crippen LogP contribution in [0.2, 0.25) is 0 Å². The molecule has 17 heavy (non-hydrogen) atoms. The van der Waals surface area contributed by atoms with Gasteiger partial charge in [-0.3, -0.25) is 9.69 Å². The SMILES string of the molecule is COC[C@]1(CO)C(=O)[C@H]2CCN1[C@@H](C(C)C)C2. The zero-order valence-electron chi connectivity index (χ0n) is 11.0. The maximum absolute atomic E-state index is 12.4. The highest BCUT2D eigenvalue weighted by Crippen LogP contribution is 2.42. The number of nitrogens with zero attached hydrogens (tertiary/aromatic N) is 1. The van der Waals surface area contributed by atoms with Crippen molar-refractivity contribution in [3.8, 4) is 0 Å². The van der Waals surface area contributed by atoms with Crippen molar-refractivity contribution in [2.45, 2.75) is 38.3 Å². The molecule has 4 atom stereocenters. The van der Waals surface area contributed by atoms with Crippen LogP contribution in [0.1, 0.15) is 26.7 Å². The Kier molecular flexibility index (Phi) is 3.57. The Morgan fingerprint density at radius 3 is 2.82 bits per heavy atom. The van der Waals surface area contributed by atoms with Crippen LogP contribution in [-0.4, -0.2) is 54.2 Å². The maximum atomic E-state index is 12.4. The van der Waals surface area contributed by atoms with E-state index in [0.29, 0.717) is 18.6 Å². The first-order valence-corrected chi connectivity index (χ1v) is 6.47. The third kappa shape index (κ3) is 1.83. The predicted molar refractivity (Wildman–Crippen MR) is 64.8 cm³/mol. The number of aliphatic hydroxyl groups is 1. The monoisotopic (exact) mass is 241 g/mol. The largest absolute Gasteiger partial charge is 0.394 e. The quantitative estimate of drug-likeness (QED) is 0.786. The number of aliphatic hydroxyl groups excluding tert-OH is 1. The van der Waals surface area contributed by atoms with Gasteiger partial charge in [0, 0.05) is 25.6 Å². The van der Waals surface area contributed by atoms with Crippen molar-refractivity contribution in [3.05, 3.63) is 0 Å². The first-order chi connectivity index (χ1) is 8.06. The summed E-state index contributed by atoms with van der Waals surface area (Å²) >= 11 is 0. The zero-order valence-corrected chi connectivity index (χ0v) is 11.0. The molecule has 98 valence electrons. The maximum Gasteiger partial charge on any atom is 0.161 e. The number of piperidine rings is 3. The first kappa shape index (κ1) is 13.0. The summed E-state index contributed by atoms with van der Waals surface area (Å²) in [6, 6.07) is 0.397. The number of hydrogen-bond acceptors (Lipinski definition) is 4. The van der Waals surface area contributed by atoms with Gasteiger partial charge in [-0.15, -0.1) is 0 Å². The van der Waals surface area contributed by atoms with Crippen LogP contribution in [0, 0.1) is 11.8 Å². The summed E-state index contributed by atoms with van der Waals surface area (Å²) in [4.78, 5) is 14.6. The second kappa shape index (κ2) is 4.67. The fraction of sp³-hybridized carbons (Fsp3) is 0.923. The summed E-state index contributed by atoms with van der Waals surface area (Å²) in [5, 5.41) is 9.72. The number of ether oxygens (including phenoxy) is 1. The summed E-state index contributed by atoms with van der Waals surface area (Å²) < 4.78 is 5.20. The molecular formula is C13H23NO3. The van der Waals surface area contributed by atoms with E-state index in [2.05, 4.69) is 18.7 Å². The number of fused-ring (bicyclic) bond motifs is 3. The van der Waals surface area contributed by atoms with Crippen molar-refractivity contribution in [2.24, 2.45) is 11.8 Å². The molecule has 0 aromatic rings. The minimum atomic E-state index is -0.773. The van der Waals surface area contributed by atoms with Gasteiger partial charge in [0.15, 0.2) is 5.78 Å². The summed E-state index contributed by atoms with van der Waals surface area (Å²) in [6.07, 6.45) is 1.88. The van der Waals surface area contributed by atoms with E-state index in [1.165, 1.54) is 0 Å². The van der Waals surface area contributed by atoms with E-state index >= 15 is 0 Å². The Morgan fingerprint density at radius 1 is 1.59 bits per heavy atom. The molecule has 0 saturated carbocycles. The predicted octanol–water partition coefficient (Wildman–Crippen LogP) is 0.683. The fourth-order valence-electron chi connectivity index (χ4n) is 3.53. The van der Waals surface area contributed by atoms with Crippen LogP contribution in [0.4, 0.5) is 0 Å². The lowest BCUT2D eigenvalue weighted by molar-refractivity contribution is -0.168. The Bertz CT molecular complexity index is 305. The molecular weight excluding hydrogens is 218 g/mol. The highest BCUT2D eigenvalue weighted by atomic mass is 16.5. The second-order valence-electron chi connectivity index (χ2n) is 5.71. The Labute approximate surface area is 103 Å². The summed E-state index contributed by atoms with van der Waals surface area (Å²) in [5.41, 5.74) is -0.773. The Hall–Kier alpha value is -0.450. The van der Waals surface area contributed by atoms with Gasteiger partial charge in [-0.2, -0.15) is 0 Å². The zero-order chi connectivity index (χ0) is 12.6. The van der Waals surface area contributed by atoms with Crippen LogP contribution < -0.4 is 0 Å². The molecule has 0 aliphatic carbocycles. The molecule has 3 heterocycles. The molecule has 1 N–H and O–H groups in total. The fourth-order valence-corrected chi connectivity index (χ4v) is 3.53. The van der Waals surface area contributed by atoms with E-state index < -0.39 is 5.54 Å². The average Bonchev–Trinajstić information content (AvgIpc) is 2.33. The van der Waals surface area contributed by atoms with E-state index in [-0.39, 0.29) is 18.3 Å². The standard InChI is InChI=1S/C13H23NO3/c1-9(2)11-6-10-4-5-14(11)13(7-15,8-17-3)12(10)16/h9-11,15H,4-8H2,1-3H3/t10-,11+,13+/m0/s1. The highest BCUT2D eigenvalue weighted by molar-refractivity contribution is 5.92. The normalized spacial score (nSPS) is 41.2. The molecule has 3 aliphatic heterocycles. The van der Waals surface area contributed by atoms with Gasteiger partial charge in [0.1, 0.15) is 5.54 Å². The van der Waals surface area contributed by atoms with Gasteiger partial charge in [-0.05, 0) is 18.8 Å². The number of methoxy groups -OCH3 is 1. The van der Waals surface area contributed by atoms with Crippen molar-refractivity contribution in [1.82, 2.24) is 4.90 Å². The molecule has 1 unspecified atom stereocenters. The van der Waals surface area contributed by atoms with Crippen LogP contribution in [0.3, 0.4) is 0 Å². The smallest absolute Gasteiger partial charge is 0.161 e. The second-order valence-corrected chi connectivity index (χ2v) is 5.71. The van der Waals surface area contributed by atoms with Crippen LogP contribution in [0.25, 0.3) is 0 Å². The van der Waals surface area contributed by atoms with Crippen molar-refractivity contribution >= 4 is 5.78 Å². The van der Waals surface area contributed by atoms with E-state index in [4.69, 9.17) is 4.74 Å². The molecule has 2 bridgehead atoms. The number of hydrogen-bond donors (Lipinski definition) is 1. The molecule has 0 aromatic carbocycles. The minimum Gasteiger partial charge on any atom is -0.394 e. The molecule has 3 fully saturated rings. The van der Waals surface area contributed by atoms with Crippen LogP contribution in [0.15, 0.2) is 0 Å². The van der Waals surface area contributed by atoms with Gasteiger partial charge >= 0.3 is 0 Å². The molecule has 3 saturated heterocycles. The third-order valence-electron chi connectivity index (χ3n) is 4.44. The molecule has 0 spiro atoms. The van der Waals surface area contributed by atoms with Crippen molar-refractivity contribution in [3.63, 3.8) is 0 Å². The van der Waals surface area contributed by atoms with Crippen molar-refractivity contribution in [1.29, 1.82) is 0 Å². The Balaban J connectivity index is 2.33. The molecule has 4 heteroatoms. The molecule has 3 rings (SSSR count). The van der Waals surface area contributed by atoms with E-state index in [0.717, 1.165) is 19.4 Å². The van der Waals surface area contributed by atoms with E-state index in [1.807, 2.05) is 0 Å². The van der Waals surface area contributed by atoms with Crippen LogP contribution in [0.5, 0.6) is 0 Å². The molecule has 0 amide bonds. The van der Waals surface area contributed by atoms with E-state index in [9.17, 15) is 9.90 Å². The van der Waals surface area contributed by atoms with Crippen LogP contribution >= 0.6 is 0 Å². The lowest BCUT2D eigenvalue weighted by atomic mass is 9.69. The summed E-state index contributed by atoms with van der Waals surface area (Å²) in [6.45, 7) is 5.46. The molecule has 0 radical (unpaired) electrons. The van der Waals surface area contributed by atoms with Gasteiger partial charge in [0.2, 0.25) is 0 Å². The minimum absolute atomic E-state index is 0.120. The van der Waals surface area contributed by atoms with Gasteiger partial charge in [0.05, 0.1) is 13.2 Å². The summed E-state index contributed by atoms with van der Waals surface area (Å²) in [7, 11) is 1.60. The number of Topliss-reactive ketones (excluding diaryl/α,β-unsaturated/α-hetero) is 1. The van der Waals surface area contributed by atoms with Gasteiger partial charge in [-0.1, -0.05) is 13.8 Å². The van der Waals surface area contributed by atoms with Gasteiger partial charge in [0.25, 0.3) is 0 Å². The van der Waals surface area contributed by atoms with Crippen molar-refractivity contribution in [2.75, 3.05) is 26.9 Å². The molecule has 3 aliphatic rings. The average molecular weight is 241 g/mol. The van der Waals surface area contributed by atoms with Gasteiger partial charge in [-0.25, -0.2) is 0 Å². The number of ketones is 1. The number of rotatable bonds is 4. The third-order valence-corrected chi connectivity index (χ3v) is 4.44. The molecule has 4 nitrogen and oxygen atoms in total. The summed E-state index contributed by atoms with van der Waals surface area (Å²) in [5.74, 6) is 0.813. The number of carbonyl (C=O) groups excluding carboxylic acids is 1. The van der Waals surface area contributed by atoms with E-state index in [1.54, 1.807) is 7.11 Å². The Morgan fingerprint density at radius 2 is 2.29 bits per heavy atom. The lowest BCUT2D eigenvalue weighted by Crippen LogP contribution is -2.72. The highest BCUT2D eigenvalue weighted by Gasteiger charge is 2.56. The molecule has 0 aromatic heterocycles. The van der Waals surface area contributed by atoms with Gasteiger partial charge < -0.3 is 9.84 Å². The van der Waals surface area contributed by atoms with Crippen molar-refractivity contribution < 1.29 is 14.6 Å². The first-order valence-electron chi connectivity index (χ1n) is 6.47. The lowest BCUT2D eigenvalue weighted by Gasteiger charge is -2.57. The topological polar surface area (TPSA) is 49.8 Å². The number of carbonyl (C=O) groups is 1. The van der Waals surface area contributed by atoms with Crippen LogP contribution in [-0.2, 0) is 9.53 Å².